The fraction of sp³-hybridized carbons (Fsp3) is 1.00. The molecule has 0 bridgehead atoms. The minimum absolute atomic E-state index is 0.875. The fourth-order valence-corrected chi connectivity index (χ4v) is 1.68. The second kappa shape index (κ2) is 9.51. The van der Waals surface area contributed by atoms with E-state index in [1.165, 1.54) is 51.6 Å². The van der Waals surface area contributed by atoms with Crippen LogP contribution in [-0.2, 0) is 0 Å². The minimum atomic E-state index is 0.875. The summed E-state index contributed by atoms with van der Waals surface area (Å²) in [4.78, 5) is 2.48. The maximum atomic E-state index is 2.48. The van der Waals surface area contributed by atoms with Crippen molar-refractivity contribution in [2.45, 2.75) is 59.3 Å². The molecule has 0 amide bonds. The van der Waals surface area contributed by atoms with Gasteiger partial charge in [0.1, 0.15) is 0 Å². The van der Waals surface area contributed by atoms with Crippen LogP contribution in [0.25, 0.3) is 0 Å². The van der Waals surface area contributed by atoms with E-state index in [0.29, 0.717) is 0 Å². The van der Waals surface area contributed by atoms with Crippen molar-refractivity contribution < 1.29 is 0 Å². The first-order valence-corrected chi connectivity index (χ1v) is 6.35. The molecule has 0 radical (unpaired) electrons. The van der Waals surface area contributed by atoms with Gasteiger partial charge in [0, 0.05) is 0 Å². The SMILES string of the molecule is CCCCCN(C)CCCCC(C)C. The monoisotopic (exact) mass is 199 g/mol. The second-order valence-corrected chi connectivity index (χ2v) is 4.90. The Morgan fingerprint density at radius 2 is 1.50 bits per heavy atom. The first kappa shape index (κ1) is 14.0. The summed E-state index contributed by atoms with van der Waals surface area (Å²) in [6, 6.07) is 0. The van der Waals surface area contributed by atoms with Crippen molar-refractivity contribution in [3.8, 4) is 0 Å². The number of nitrogens with zero attached hydrogens (tertiary/aromatic N) is 1. The first-order valence-electron chi connectivity index (χ1n) is 6.35. The van der Waals surface area contributed by atoms with Gasteiger partial charge in [0.05, 0.1) is 0 Å². The molecule has 14 heavy (non-hydrogen) atoms. The van der Waals surface area contributed by atoms with Crippen molar-refractivity contribution in [3.05, 3.63) is 0 Å². The number of hydrogen-bond donors (Lipinski definition) is 0. The molecule has 0 rings (SSSR count). The van der Waals surface area contributed by atoms with Crippen molar-refractivity contribution in [1.82, 2.24) is 4.90 Å². The Kier molecular flexibility index (Phi) is 9.49. The van der Waals surface area contributed by atoms with E-state index in [1.54, 1.807) is 0 Å². The molecule has 0 aromatic carbocycles. The quantitative estimate of drug-likeness (QED) is 0.508. The Morgan fingerprint density at radius 3 is 2.00 bits per heavy atom. The lowest BCUT2D eigenvalue weighted by molar-refractivity contribution is 0.313. The van der Waals surface area contributed by atoms with Crippen LogP contribution in [0.5, 0.6) is 0 Å². The standard InChI is InChI=1S/C13H29N/c1-5-6-8-11-14(4)12-9-7-10-13(2)3/h13H,5-12H2,1-4H3. The Morgan fingerprint density at radius 1 is 0.929 bits per heavy atom. The second-order valence-electron chi connectivity index (χ2n) is 4.90. The summed E-state index contributed by atoms with van der Waals surface area (Å²) in [5.41, 5.74) is 0. The van der Waals surface area contributed by atoms with Crippen LogP contribution in [-0.4, -0.2) is 25.0 Å². The summed E-state index contributed by atoms with van der Waals surface area (Å²) >= 11 is 0. The lowest BCUT2D eigenvalue weighted by atomic mass is 10.1. The van der Waals surface area contributed by atoms with Crippen LogP contribution < -0.4 is 0 Å². The molecule has 0 unspecified atom stereocenters. The highest BCUT2D eigenvalue weighted by Gasteiger charge is 1.98. The van der Waals surface area contributed by atoms with Gasteiger partial charge >= 0.3 is 0 Å². The Labute approximate surface area is 90.9 Å². The van der Waals surface area contributed by atoms with Crippen LogP contribution in [0.4, 0.5) is 0 Å². The number of hydrogen-bond acceptors (Lipinski definition) is 1. The fourth-order valence-electron chi connectivity index (χ4n) is 1.68. The third-order valence-electron chi connectivity index (χ3n) is 2.71. The topological polar surface area (TPSA) is 3.24 Å². The molecule has 1 nitrogen and oxygen atoms in total. The van der Waals surface area contributed by atoms with E-state index in [0.717, 1.165) is 5.92 Å². The molecule has 0 spiro atoms. The molecule has 0 aromatic heterocycles. The van der Waals surface area contributed by atoms with Crippen molar-refractivity contribution in [2.24, 2.45) is 5.92 Å². The van der Waals surface area contributed by atoms with Gasteiger partial charge in [0.15, 0.2) is 0 Å². The Balaban J connectivity index is 3.14. The summed E-state index contributed by atoms with van der Waals surface area (Å²) in [5, 5.41) is 0. The van der Waals surface area contributed by atoms with Crippen LogP contribution in [0.3, 0.4) is 0 Å². The summed E-state index contributed by atoms with van der Waals surface area (Å²) in [5.74, 6) is 0.875. The lowest BCUT2D eigenvalue weighted by Crippen LogP contribution is -2.20. The van der Waals surface area contributed by atoms with E-state index in [4.69, 9.17) is 0 Å². The van der Waals surface area contributed by atoms with Crippen molar-refractivity contribution >= 4 is 0 Å². The molecule has 86 valence electrons. The van der Waals surface area contributed by atoms with Crippen LogP contribution in [0.15, 0.2) is 0 Å². The molecule has 0 atom stereocenters. The van der Waals surface area contributed by atoms with Gasteiger partial charge in [-0.25, -0.2) is 0 Å². The lowest BCUT2D eigenvalue weighted by Gasteiger charge is -2.16. The van der Waals surface area contributed by atoms with E-state index >= 15 is 0 Å². The molecule has 0 saturated carbocycles. The number of unbranched alkanes of at least 4 members (excludes halogenated alkanes) is 3. The third-order valence-corrected chi connectivity index (χ3v) is 2.71. The molecule has 0 N–H and O–H groups in total. The van der Waals surface area contributed by atoms with Gasteiger partial charge in [0.2, 0.25) is 0 Å². The van der Waals surface area contributed by atoms with E-state index in [-0.39, 0.29) is 0 Å². The maximum absolute atomic E-state index is 2.48. The molecule has 1 heteroatoms. The van der Waals surface area contributed by atoms with E-state index in [9.17, 15) is 0 Å². The van der Waals surface area contributed by atoms with Crippen LogP contribution in [0.2, 0.25) is 0 Å². The predicted molar refractivity (Wildman–Crippen MR) is 65.7 cm³/mol. The minimum Gasteiger partial charge on any atom is -0.306 e. The highest BCUT2D eigenvalue weighted by atomic mass is 15.1. The van der Waals surface area contributed by atoms with E-state index in [1.807, 2.05) is 0 Å². The summed E-state index contributed by atoms with van der Waals surface area (Å²) in [7, 11) is 2.25. The molecule has 0 fully saturated rings. The van der Waals surface area contributed by atoms with Gasteiger partial charge in [-0.3, -0.25) is 0 Å². The van der Waals surface area contributed by atoms with Crippen LogP contribution in [0.1, 0.15) is 59.3 Å². The third kappa shape index (κ3) is 10.0. The van der Waals surface area contributed by atoms with E-state index in [2.05, 4.69) is 32.7 Å². The largest absolute Gasteiger partial charge is 0.306 e. The van der Waals surface area contributed by atoms with Crippen molar-refractivity contribution in [2.75, 3.05) is 20.1 Å². The maximum Gasteiger partial charge on any atom is -0.00218 e. The van der Waals surface area contributed by atoms with Gasteiger partial charge in [0.25, 0.3) is 0 Å². The molecular weight excluding hydrogens is 170 g/mol. The van der Waals surface area contributed by atoms with E-state index < -0.39 is 0 Å². The zero-order valence-corrected chi connectivity index (χ0v) is 10.7. The molecule has 0 aliphatic rings. The normalized spacial score (nSPS) is 11.6. The smallest absolute Gasteiger partial charge is 0.00218 e. The van der Waals surface area contributed by atoms with Crippen molar-refractivity contribution in [3.63, 3.8) is 0 Å². The average molecular weight is 199 g/mol. The van der Waals surface area contributed by atoms with Gasteiger partial charge in [-0.2, -0.15) is 0 Å². The highest BCUT2D eigenvalue weighted by Crippen LogP contribution is 2.06. The van der Waals surface area contributed by atoms with Crippen LogP contribution in [0, 0.1) is 5.92 Å². The van der Waals surface area contributed by atoms with Gasteiger partial charge in [-0.1, -0.05) is 46.5 Å². The molecule has 0 saturated heterocycles. The van der Waals surface area contributed by atoms with Gasteiger partial charge in [-0.15, -0.1) is 0 Å². The highest BCUT2D eigenvalue weighted by molar-refractivity contribution is 4.53. The molecular formula is C13H29N. The summed E-state index contributed by atoms with van der Waals surface area (Å²) in [6.07, 6.45) is 8.26. The Hall–Kier alpha value is -0.0400. The summed E-state index contributed by atoms with van der Waals surface area (Å²) < 4.78 is 0. The molecule has 0 aromatic rings. The van der Waals surface area contributed by atoms with Gasteiger partial charge < -0.3 is 4.90 Å². The molecule has 0 aliphatic carbocycles. The zero-order chi connectivity index (χ0) is 10.8. The van der Waals surface area contributed by atoms with Crippen molar-refractivity contribution in [1.29, 1.82) is 0 Å². The van der Waals surface area contributed by atoms with Crippen LogP contribution >= 0.6 is 0 Å². The predicted octanol–water partition coefficient (Wildman–Crippen LogP) is 3.93. The van der Waals surface area contributed by atoms with Gasteiger partial charge in [-0.05, 0) is 38.9 Å². The molecule has 0 aliphatic heterocycles. The Bertz CT molecular complexity index is 110. The average Bonchev–Trinajstić information content (AvgIpc) is 2.13. The number of rotatable bonds is 9. The molecule has 0 heterocycles. The summed E-state index contributed by atoms with van der Waals surface area (Å²) in [6.45, 7) is 9.46. The zero-order valence-electron chi connectivity index (χ0n) is 10.7. The first-order chi connectivity index (χ1) is 6.66.